The van der Waals surface area contributed by atoms with Crippen molar-refractivity contribution >= 4 is 11.6 Å². The second-order valence-corrected chi connectivity index (χ2v) is 0.807. The Labute approximate surface area is 49.8 Å². The Morgan fingerprint density at radius 3 is 1.67 bits per heavy atom. The van der Waals surface area contributed by atoms with Crippen molar-refractivity contribution in [1.82, 2.24) is 0 Å². The van der Waals surface area contributed by atoms with Crippen molar-refractivity contribution in [3.63, 3.8) is 0 Å². The molecule has 0 saturated carbocycles. The Hall–Kier alpha value is 0.344. The summed E-state index contributed by atoms with van der Waals surface area (Å²) in [4.78, 5) is 0. The third-order valence-electron chi connectivity index (χ3n) is 0. The van der Waals surface area contributed by atoms with Gasteiger partial charge in [0.2, 0.25) is 0 Å². The Morgan fingerprint density at radius 1 is 1.67 bits per heavy atom. The van der Waals surface area contributed by atoms with Crippen LogP contribution in [0.4, 0.5) is 0 Å². The topological polar surface area (TPSA) is 34.1 Å². The van der Waals surface area contributed by atoms with Gasteiger partial charge in [-0.05, 0) is 5.54 Å². The van der Waals surface area contributed by atoms with E-state index >= 15 is 0 Å². The van der Waals surface area contributed by atoms with Crippen LogP contribution in [0.5, 0.6) is 0 Å². The van der Waals surface area contributed by atoms with Crippen molar-refractivity contribution in [1.29, 1.82) is 0 Å². The molecule has 0 rings (SSSR count). The summed E-state index contributed by atoms with van der Waals surface area (Å²) in [6.07, 6.45) is 0. The molecule has 0 saturated heterocycles. The van der Waals surface area contributed by atoms with Gasteiger partial charge in [-0.1, -0.05) is 18.2 Å². The number of hydrogen-bond donors (Lipinski definition) is 0. The molecule has 0 radical (unpaired) electrons. The summed E-state index contributed by atoms with van der Waals surface area (Å²) in [7, 11) is 0. The van der Waals surface area contributed by atoms with Gasteiger partial charge in [-0.2, -0.15) is 0 Å². The number of halogens is 1. The van der Waals surface area contributed by atoms with Crippen molar-refractivity contribution in [3.05, 3.63) is 12.1 Å². The molecule has 0 fully saturated rings. The third kappa shape index (κ3) is 410. The molecule has 0 aliphatic carbocycles. The first-order valence-corrected chi connectivity index (χ1v) is 2.75. The van der Waals surface area contributed by atoms with Gasteiger partial charge in [-0.15, -0.1) is 0 Å². The van der Waals surface area contributed by atoms with Gasteiger partial charge in [0.05, 0.1) is 0 Å². The summed E-state index contributed by atoms with van der Waals surface area (Å²) < 4.78 is 17.0. The molecule has 0 aromatic rings. The van der Waals surface area contributed by atoms with Gasteiger partial charge in [0.1, 0.15) is 0 Å². The van der Waals surface area contributed by atoms with E-state index in [0.717, 1.165) is 0 Å². The zero-order valence-corrected chi connectivity index (χ0v) is 5.30. The number of rotatable bonds is 0. The van der Waals surface area contributed by atoms with E-state index in [9.17, 15) is 0 Å². The van der Waals surface area contributed by atoms with Gasteiger partial charge in [-0.3, -0.25) is 0 Å². The molecule has 0 unspecified atom stereocenters. The van der Waals surface area contributed by atoms with Gasteiger partial charge in [0.25, 0.3) is 0 Å². The van der Waals surface area contributed by atoms with Gasteiger partial charge in [0.15, 0.2) is 0 Å². The van der Waals surface area contributed by atoms with Crippen LogP contribution in [0.15, 0.2) is 12.1 Å². The Bertz CT molecular complexity index is 56.6. The SMILES string of the molecule is C=CCl.[O]=[Ti]=[O]. The first-order valence-electron chi connectivity index (χ1n) is 1.03. The molecule has 0 heterocycles. The van der Waals surface area contributed by atoms with Gasteiger partial charge >= 0.3 is 25.7 Å². The maximum atomic E-state index is 8.50. The number of hydrogen-bond acceptors (Lipinski definition) is 2. The molecule has 0 aromatic carbocycles. The van der Waals surface area contributed by atoms with E-state index in [1.54, 1.807) is 0 Å². The maximum absolute atomic E-state index is 8.50. The second kappa shape index (κ2) is 18.4. The van der Waals surface area contributed by atoms with Crippen molar-refractivity contribution in [2.75, 3.05) is 0 Å². The molecule has 0 bridgehead atoms. The van der Waals surface area contributed by atoms with Crippen LogP contribution in [0.2, 0.25) is 0 Å². The average Bonchev–Trinajstić information content (AvgIpc) is 1.39. The fourth-order valence-corrected chi connectivity index (χ4v) is 0. The van der Waals surface area contributed by atoms with Crippen molar-refractivity contribution in [2.45, 2.75) is 0 Å². The van der Waals surface area contributed by atoms with E-state index in [4.69, 9.17) is 18.3 Å². The summed E-state index contributed by atoms with van der Waals surface area (Å²) in [6, 6.07) is 0. The summed E-state index contributed by atoms with van der Waals surface area (Å²) in [5.41, 5.74) is 1.22. The second-order valence-electron chi connectivity index (χ2n) is 0.238. The monoisotopic (exact) mass is 142 g/mol. The van der Waals surface area contributed by atoms with Crippen LogP contribution in [0.25, 0.3) is 0 Å². The van der Waals surface area contributed by atoms with E-state index < -0.39 is 19.1 Å². The predicted octanol–water partition coefficient (Wildman–Crippen LogP) is 1.13. The van der Waals surface area contributed by atoms with E-state index in [-0.39, 0.29) is 0 Å². The first-order chi connectivity index (χ1) is 2.83. The standard InChI is InChI=1S/C2H3Cl.2O.Ti/c1-2-3;;;/h2H,1H2;;;. The van der Waals surface area contributed by atoms with E-state index in [1.807, 2.05) is 0 Å². The fraction of sp³-hybridized carbons (Fsp3) is 0. The first kappa shape index (κ1) is 9.60. The summed E-state index contributed by atoms with van der Waals surface area (Å²) in [5, 5.41) is 0. The van der Waals surface area contributed by atoms with Crippen LogP contribution in [0.3, 0.4) is 0 Å². The fourth-order valence-electron chi connectivity index (χ4n) is 0. The van der Waals surface area contributed by atoms with Crippen molar-refractivity contribution < 1.29 is 25.7 Å². The van der Waals surface area contributed by atoms with Gasteiger partial charge < -0.3 is 0 Å². The minimum atomic E-state index is -2.00. The predicted molar refractivity (Wildman–Crippen MR) is 17.4 cm³/mol. The van der Waals surface area contributed by atoms with Gasteiger partial charge in [-0.25, -0.2) is 0 Å². The Morgan fingerprint density at radius 2 is 1.67 bits per heavy atom. The molecule has 0 aliphatic heterocycles. The zero-order chi connectivity index (χ0) is 5.41. The normalized spacial score (nSPS) is 3.50. The summed E-state index contributed by atoms with van der Waals surface area (Å²) >= 11 is 2.76. The van der Waals surface area contributed by atoms with E-state index in [0.29, 0.717) is 0 Å². The zero-order valence-electron chi connectivity index (χ0n) is 2.98. The van der Waals surface area contributed by atoms with Crippen LogP contribution in [0, 0.1) is 0 Å². The molecular formula is C2H3ClO2Ti. The molecule has 0 aliphatic rings. The Balaban J connectivity index is 0. The molecule has 0 atom stereocenters. The molecule has 6 heavy (non-hydrogen) atoms. The van der Waals surface area contributed by atoms with Crippen LogP contribution in [0.1, 0.15) is 0 Å². The van der Waals surface area contributed by atoms with Crippen LogP contribution >= 0.6 is 11.6 Å². The molecular weight excluding hydrogens is 139 g/mol. The summed E-state index contributed by atoms with van der Waals surface area (Å²) in [6.45, 7) is 3.13. The molecule has 0 N–H and O–H groups in total. The molecule has 0 amide bonds. The van der Waals surface area contributed by atoms with Crippen LogP contribution in [-0.2, 0) is 25.7 Å². The van der Waals surface area contributed by atoms with E-state index in [1.165, 1.54) is 5.54 Å². The molecule has 4 heteroatoms. The molecule has 0 spiro atoms. The molecule has 34 valence electrons. The third-order valence-corrected chi connectivity index (χ3v) is 0. The molecule has 0 aromatic heterocycles. The average molecular weight is 142 g/mol. The van der Waals surface area contributed by atoms with Crippen LogP contribution in [-0.4, -0.2) is 0 Å². The van der Waals surface area contributed by atoms with Crippen LogP contribution < -0.4 is 0 Å². The quantitative estimate of drug-likeness (QED) is 0.475. The molecule has 2 nitrogen and oxygen atoms in total. The minimum absolute atomic E-state index is 1.22. The van der Waals surface area contributed by atoms with E-state index in [2.05, 4.69) is 6.58 Å². The van der Waals surface area contributed by atoms with Gasteiger partial charge in [0, 0.05) is 0 Å². The Kier molecular flexibility index (Phi) is 29.4. The van der Waals surface area contributed by atoms with Crippen molar-refractivity contribution in [3.8, 4) is 0 Å². The summed E-state index contributed by atoms with van der Waals surface area (Å²) in [5.74, 6) is 0. The van der Waals surface area contributed by atoms with Crippen molar-refractivity contribution in [2.24, 2.45) is 0 Å².